The summed E-state index contributed by atoms with van der Waals surface area (Å²) in [5.74, 6) is 0.161. The first-order chi connectivity index (χ1) is 10.1. The standard InChI is InChI=1S/C16H23N3O2/c1-12-9-18(6-7-21-12)16(20)11-19-10-14(17)8-13-4-2-3-5-15(13)19/h2-5,12,14H,6-11,17H2,1H3. The molecule has 0 aromatic heterocycles. The van der Waals surface area contributed by atoms with E-state index in [1.54, 1.807) is 0 Å². The minimum Gasteiger partial charge on any atom is -0.375 e. The Labute approximate surface area is 125 Å². The number of nitrogens with two attached hydrogens (primary N) is 1. The molecule has 0 spiro atoms. The van der Waals surface area contributed by atoms with Crippen molar-refractivity contribution in [2.45, 2.75) is 25.5 Å². The average molecular weight is 289 g/mol. The molecule has 2 aliphatic heterocycles. The Morgan fingerprint density at radius 2 is 2.19 bits per heavy atom. The van der Waals surface area contributed by atoms with Gasteiger partial charge in [-0.15, -0.1) is 0 Å². The predicted molar refractivity (Wildman–Crippen MR) is 82.3 cm³/mol. The third kappa shape index (κ3) is 3.19. The van der Waals surface area contributed by atoms with Crippen molar-refractivity contribution in [3.8, 4) is 0 Å². The van der Waals surface area contributed by atoms with Crippen LogP contribution in [0.15, 0.2) is 24.3 Å². The molecule has 1 amide bonds. The van der Waals surface area contributed by atoms with Gasteiger partial charge in [0.05, 0.1) is 19.3 Å². The Hall–Kier alpha value is -1.59. The second-order valence-electron chi connectivity index (χ2n) is 5.99. The molecule has 21 heavy (non-hydrogen) atoms. The molecule has 2 N–H and O–H groups in total. The van der Waals surface area contributed by atoms with Crippen molar-refractivity contribution in [1.29, 1.82) is 0 Å². The molecule has 0 aliphatic carbocycles. The molecule has 5 nitrogen and oxygen atoms in total. The maximum absolute atomic E-state index is 12.5. The van der Waals surface area contributed by atoms with Gasteiger partial charge < -0.3 is 20.3 Å². The van der Waals surface area contributed by atoms with Gasteiger partial charge in [0.15, 0.2) is 0 Å². The number of hydrogen-bond donors (Lipinski definition) is 1. The summed E-state index contributed by atoms with van der Waals surface area (Å²) in [4.78, 5) is 16.5. The first kappa shape index (κ1) is 14.4. The molecular weight excluding hydrogens is 266 g/mol. The van der Waals surface area contributed by atoms with Gasteiger partial charge in [0, 0.05) is 31.4 Å². The van der Waals surface area contributed by atoms with Crippen molar-refractivity contribution >= 4 is 11.6 Å². The van der Waals surface area contributed by atoms with Crippen LogP contribution in [0.5, 0.6) is 0 Å². The van der Waals surface area contributed by atoms with E-state index in [1.165, 1.54) is 5.56 Å². The number of carbonyl (C=O) groups is 1. The highest BCUT2D eigenvalue weighted by molar-refractivity contribution is 5.82. The fourth-order valence-corrected chi connectivity index (χ4v) is 3.18. The molecule has 0 saturated carbocycles. The van der Waals surface area contributed by atoms with Crippen molar-refractivity contribution in [3.05, 3.63) is 29.8 Å². The molecule has 5 heteroatoms. The topological polar surface area (TPSA) is 58.8 Å². The van der Waals surface area contributed by atoms with Gasteiger partial charge in [-0.3, -0.25) is 4.79 Å². The lowest BCUT2D eigenvalue weighted by Gasteiger charge is -2.37. The summed E-state index contributed by atoms with van der Waals surface area (Å²) in [6, 6.07) is 8.32. The smallest absolute Gasteiger partial charge is 0.242 e. The van der Waals surface area contributed by atoms with Crippen LogP contribution in [-0.4, -0.2) is 55.7 Å². The monoisotopic (exact) mass is 289 g/mol. The minimum atomic E-state index is 0.0938. The van der Waals surface area contributed by atoms with Gasteiger partial charge in [-0.1, -0.05) is 18.2 Å². The highest BCUT2D eigenvalue weighted by Gasteiger charge is 2.27. The summed E-state index contributed by atoms with van der Waals surface area (Å²) >= 11 is 0. The number of hydrogen-bond acceptors (Lipinski definition) is 4. The van der Waals surface area contributed by atoms with E-state index < -0.39 is 0 Å². The van der Waals surface area contributed by atoms with Crippen LogP contribution in [0.4, 0.5) is 5.69 Å². The average Bonchev–Trinajstić information content (AvgIpc) is 2.47. The SMILES string of the molecule is CC1CN(C(=O)CN2CC(N)Cc3ccccc32)CCO1. The number of para-hydroxylation sites is 1. The van der Waals surface area contributed by atoms with Gasteiger partial charge in [0.2, 0.25) is 5.91 Å². The highest BCUT2D eigenvalue weighted by atomic mass is 16.5. The largest absolute Gasteiger partial charge is 0.375 e. The number of benzene rings is 1. The minimum absolute atomic E-state index is 0.0938. The normalized spacial score (nSPS) is 25.6. The van der Waals surface area contributed by atoms with Crippen LogP contribution >= 0.6 is 0 Å². The molecule has 2 atom stereocenters. The Morgan fingerprint density at radius 3 is 3.00 bits per heavy atom. The van der Waals surface area contributed by atoms with Gasteiger partial charge in [0.25, 0.3) is 0 Å². The van der Waals surface area contributed by atoms with Gasteiger partial charge >= 0.3 is 0 Å². The lowest BCUT2D eigenvalue weighted by atomic mass is 9.98. The Morgan fingerprint density at radius 1 is 1.38 bits per heavy atom. The first-order valence-corrected chi connectivity index (χ1v) is 7.61. The quantitative estimate of drug-likeness (QED) is 0.867. The zero-order chi connectivity index (χ0) is 14.8. The van der Waals surface area contributed by atoms with Crippen LogP contribution < -0.4 is 10.6 Å². The second kappa shape index (κ2) is 6.03. The third-order valence-electron chi connectivity index (χ3n) is 4.19. The summed E-state index contributed by atoms with van der Waals surface area (Å²) in [5, 5.41) is 0. The van der Waals surface area contributed by atoms with E-state index in [9.17, 15) is 4.79 Å². The number of ether oxygens (including phenoxy) is 1. The molecule has 2 unspecified atom stereocenters. The van der Waals surface area contributed by atoms with E-state index in [4.69, 9.17) is 10.5 Å². The molecule has 1 aromatic rings. The van der Waals surface area contributed by atoms with Gasteiger partial charge in [-0.2, -0.15) is 0 Å². The van der Waals surface area contributed by atoms with Crippen LogP contribution in [0.25, 0.3) is 0 Å². The number of rotatable bonds is 2. The molecule has 114 valence electrons. The molecular formula is C16H23N3O2. The van der Waals surface area contributed by atoms with Crippen molar-refractivity contribution in [2.24, 2.45) is 5.73 Å². The van der Waals surface area contributed by atoms with E-state index in [2.05, 4.69) is 17.0 Å². The highest BCUT2D eigenvalue weighted by Crippen LogP contribution is 2.26. The zero-order valence-corrected chi connectivity index (χ0v) is 12.5. The molecule has 3 rings (SSSR count). The summed E-state index contributed by atoms with van der Waals surface area (Å²) in [6.07, 6.45) is 1.01. The summed E-state index contributed by atoms with van der Waals surface area (Å²) in [6.45, 7) is 5.14. The Bertz CT molecular complexity index is 520. The zero-order valence-electron chi connectivity index (χ0n) is 12.5. The second-order valence-corrected chi connectivity index (χ2v) is 5.99. The Balaban J connectivity index is 1.71. The lowest BCUT2D eigenvalue weighted by molar-refractivity contribution is -0.136. The molecule has 1 aromatic carbocycles. The number of anilines is 1. The molecule has 2 heterocycles. The summed E-state index contributed by atoms with van der Waals surface area (Å²) in [7, 11) is 0. The van der Waals surface area contributed by atoms with E-state index in [1.807, 2.05) is 24.0 Å². The van der Waals surface area contributed by atoms with E-state index in [0.717, 1.165) is 18.7 Å². The van der Waals surface area contributed by atoms with Crippen LogP contribution in [0, 0.1) is 0 Å². The van der Waals surface area contributed by atoms with E-state index in [0.29, 0.717) is 26.2 Å². The van der Waals surface area contributed by atoms with Crippen molar-refractivity contribution < 1.29 is 9.53 Å². The lowest BCUT2D eigenvalue weighted by Crippen LogP contribution is -2.51. The molecule has 2 aliphatic rings. The maximum Gasteiger partial charge on any atom is 0.242 e. The number of nitrogens with zero attached hydrogens (tertiary/aromatic N) is 2. The third-order valence-corrected chi connectivity index (χ3v) is 4.19. The van der Waals surface area contributed by atoms with E-state index in [-0.39, 0.29) is 18.1 Å². The van der Waals surface area contributed by atoms with Crippen LogP contribution in [0.1, 0.15) is 12.5 Å². The number of amides is 1. The van der Waals surface area contributed by atoms with Crippen LogP contribution in [0.2, 0.25) is 0 Å². The molecule has 1 saturated heterocycles. The number of carbonyl (C=O) groups excluding carboxylic acids is 1. The van der Waals surface area contributed by atoms with Crippen molar-refractivity contribution in [1.82, 2.24) is 4.90 Å². The fraction of sp³-hybridized carbons (Fsp3) is 0.562. The first-order valence-electron chi connectivity index (χ1n) is 7.61. The van der Waals surface area contributed by atoms with Crippen molar-refractivity contribution in [2.75, 3.05) is 37.7 Å². The van der Waals surface area contributed by atoms with Gasteiger partial charge in [-0.25, -0.2) is 0 Å². The number of morpholine rings is 1. The molecule has 1 fully saturated rings. The Kier molecular flexibility index (Phi) is 4.12. The fourth-order valence-electron chi connectivity index (χ4n) is 3.18. The van der Waals surface area contributed by atoms with Crippen LogP contribution in [-0.2, 0) is 16.0 Å². The van der Waals surface area contributed by atoms with Crippen molar-refractivity contribution in [3.63, 3.8) is 0 Å². The number of fused-ring (bicyclic) bond motifs is 1. The van der Waals surface area contributed by atoms with Gasteiger partial charge in [-0.05, 0) is 25.0 Å². The predicted octanol–water partition coefficient (Wildman–Crippen LogP) is 0.624. The summed E-state index contributed by atoms with van der Waals surface area (Å²) < 4.78 is 5.49. The van der Waals surface area contributed by atoms with Crippen LogP contribution in [0.3, 0.4) is 0 Å². The molecule has 0 radical (unpaired) electrons. The maximum atomic E-state index is 12.5. The van der Waals surface area contributed by atoms with E-state index >= 15 is 0 Å². The summed E-state index contributed by atoms with van der Waals surface area (Å²) in [5.41, 5.74) is 8.51. The van der Waals surface area contributed by atoms with Gasteiger partial charge in [0.1, 0.15) is 0 Å². The molecule has 0 bridgehead atoms.